The maximum atomic E-state index is 12.5. The highest BCUT2D eigenvalue weighted by Crippen LogP contribution is 2.24. The maximum absolute atomic E-state index is 12.5. The Morgan fingerprint density at radius 2 is 1.96 bits per heavy atom. The molecule has 1 unspecified atom stereocenters. The quantitative estimate of drug-likeness (QED) is 0.708. The van der Waals surface area contributed by atoms with Crippen LogP contribution in [0.4, 0.5) is 5.69 Å². The largest absolute Gasteiger partial charge is 0.467 e. The first-order valence-corrected chi connectivity index (χ1v) is 8.83. The van der Waals surface area contributed by atoms with Crippen molar-refractivity contribution in [3.63, 3.8) is 0 Å². The van der Waals surface area contributed by atoms with Crippen molar-refractivity contribution in [3.8, 4) is 11.8 Å². The molecule has 8 nitrogen and oxygen atoms in total. The molecule has 28 heavy (non-hydrogen) atoms. The summed E-state index contributed by atoms with van der Waals surface area (Å²) in [5.74, 6) is 0.631. The lowest BCUT2D eigenvalue weighted by molar-refractivity contribution is -0.128. The van der Waals surface area contributed by atoms with Crippen molar-refractivity contribution in [2.24, 2.45) is 5.92 Å². The Balaban J connectivity index is 1.33. The third kappa shape index (κ3) is 4.17. The molecule has 0 radical (unpaired) electrons. The number of nitrogens with zero attached hydrogens (tertiary/aromatic N) is 3. The molecule has 0 aliphatic carbocycles. The van der Waals surface area contributed by atoms with Crippen LogP contribution in [-0.4, -0.2) is 33.2 Å². The van der Waals surface area contributed by atoms with Crippen LogP contribution in [0.15, 0.2) is 65.5 Å². The fourth-order valence-corrected chi connectivity index (χ4v) is 2.99. The van der Waals surface area contributed by atoms with E-state index in [2.05, 4.69) is 15.3 Å². The van der Waals surface area contributed by atoms with Crippen molar-refractivity contribution < 1.29 is 18.7 Å². The molecule has 142 valence electrons. The predicted molar refractivity (Wildman–Crippen MR) is 99.4 cm³/mol. The van der Waals surface area contributed by atoms with Crippen molar-refractivity contribution in [1.82, 2.24) is 14.9 Å². The average Bonchev–Trinajstić information content (AvgIpc) is 3.35. The molecule has 2 amide bonds. The smallest absolute Gasteiger partial charge is 0.321 e. The van der Waals surface area contributed by atoms with E-state index in [9.17, 15) is 9.59 Å². The highest BCUT2D eigenvalue weighted by atomic mass is 16.5. The Morgan fingerprint density at radius 3 is 2.68 bits per heavy atom. The number of carbonyl (C=O) groups is 2. The first-order chi connectivity index (χ1) is 13.7. The van der Waals surface area contributed by atoms with Crippen LogP contribution in [0.5, 0.6) is 11.8 Å². The molecule has 1 aliphatic heterocycles. The number of rotatable bonds is 6. The second kappa shape index (κ2) is 7.91. The molecule has 2 aromatic heterocycles. The predicted octanol–water partition coefficient (Wildman–Crippen LogP) is 2.85. The van der Waals surface area contributed by atoms with Crippen LogP contribution in [0.2, 0.25) is 0 Å². The van der Waals surface area contributed by atoms with E-state index in [-0.39, 0.29) is 24.2 Å². The lowest BCUT2D eigenvalue weighted by Gasteiger charge is -2.15. The number of hydrogen-bond acceptors (Lipinski definition) is 6. The lowest BCUT2D eigenvalue weighted by atomic mass is 10.1. The molecule has 4 rings (SSSR count). The number of carbonyl (C=O) groups excluding carboxylic acids is 2. The van der Waals surface area contributed by atoms with Gasteiger partial charge in [0.1, 0.15) is 11.5 Å². The molecule has 8 heteroatoms. The maximum Gasteiger partial charge on any atom is 0.321 e. The van der Waals surface area contributed by atoms with Crippen LogP contribution < -0.4 is 10.1 Å². The minimum atomic E-state index is -0.392. The summed E-state index contributed by atoms with van der Waals surface area (Å²) in [7, 11) is 0. The molecule has 0 spiro atoms. The van der Waals surface area contributed by atoms with E-state index in [1.807, 2.05) is 6.07 Å². The molecule has 1 saturated heterocycles. The number of furan rings is 1. The van der Waals surface area contributed by atoms with E-state index in [0.717, 1.165) is 0 Å². The van der Waals surface area contributed by atoms with Gasteiger partial charge in [-0.2, -0.15) is 0 Å². The van der Waals surface area contributed by atoms with E-state index in [1.165, 1.54) is 0 Å². The third-order valence-corrected chi connectivity index (χ3v) is 4.39. The lowest BCUT2D eigenvalue weighted by Crippen LogP contribution is -2.27. The van der Waals surface area contributed by atoms with Gasteiger partial charge in [0.05, 0.1) is 18.7 Å². The zero-order valence-electron chi connectivity index (χ0n) is 14.9. The molecular formula is C20H18N4O4. The number of aromatic nitrogens is 2. The topological polar surface area (TPSA) is 97.6 Å². The van der Waals surface area contributed by atoms with Gasteiger partial charge in [0.2, 0.25) is 11.8 Å². The average molecular weight is 378 g/mol. The van der Waals surface area contributed by atoms with Gasteiger partial charge in [-0.3, -0.25) is 9.59 Å². The first kappa shape index (κ1) is 17.7. The number of amides is 2. The molecule has 1 aromatic carbocycles. The van der Waals surface area contributed by atoms with Crippen LogP contribution in [0.25, 0.3) is 0 Å². The summed E-state index contributed by atoms with van der Waals surface area (Å²) < 4.78 is 10.8. The zero-order chi connectivity index (χ0) is 19.3. The zero-order valence-corrected chi connectivity index (χ0v) is 14.9. The van der Waals surface area contributed by atoms with Gasteiger partial charge in [-0.05, 0) is 42.5 Å². The molecule has 1 aliphatic rings. The van der Waals surface area contributed by atoms with Gasteiger partial charge in [0.25, 0.3) is 0 Å². The molecule has 1 fully saturated rings. The highest BCUT2D eigenvalue weighted by Gasteiger charge is 2.34. The summed E-state index contributed by atoms with van der Waals surface area (Å²) in [6.07, 6.45) is 4.94. The Kier molecular flexibility index (Phi) is 5.01. The van der Waals surface area contributed by atoms with Gasteiger partial charge in [-0.1, -0.05) is 0 Å². The van der Waals surface area contributed by atoms with Crippen LogP contribution in [0.1, 0.15) is 12.2 Å². The SMILES string of the molecule is O=C(Nc1ccc(Oc2ncccn2)cc1)C1CC(=O)N(Cc2ccco2)C1. The summed E-state index contributed by atoms with van der Waals surface area (Å²) in [5.41, 5.74) is 0.628. The fraction of sp³-hybridized carbons (Fsp3) is 0.200. The first-order valence-electron chi connectivity index (χ1n) is 8.83. The van der Waals surface area contributed by atoms with Crippen molar-refractivity contribution in [2.45, 2.75) is 13.0 Å². The molecule has 3 heterocycles. The van der Waals surface area contributed by atoms with E-state index in [4.69, 9.17) is 9.15 Å². The van der Waals surface area contributed by atoms with Crippen molar-refractivity contribution in [1.29, 1.82) is 0 Å². The summed E-state index contributed by atoms with van der Waals surface area (Å²) in [5, 5.41) is 2.85. The monoisotopic (exact) mass is 378 g/mol. The molecular weight excluding hydrogens is 360 g/mol. The van der Waals surface area contributed by atoms with E-state index in [1.54, 1.807) is 60.0 Å². The van der Waals surface area contributed by atoms with Crippen molar-refractivity contribution >= 4 is 17.5 Å². The Hall–Kier alpha value is -3.68. The summed E-state index contributed by atoms with van der Waals surface area (Å²) in [6.45, 7) is 0.751. The van der Waals surface area contributed by atoms with Gasteiger partial charge in [0, 0.05) is 31.0 Å². The van der Waals surface area contributed by atoms with Crippen LogP contribution in [0.3, 0.4) is 0 Å². The second-order valence-corrected chi connectivity index (χ2v) is 6.40. The molecule has 1 atom stereocenters. The summed E-state index contributed by atoms with van der Waals surface area (Å²) in [6, 6.07) is 12.4. The van der Waals surface area contributed by atoms with Gasteiger partial charge in [-0.15, -0.1) is 0 Å². The Labute approximate surface area is 161 Å². The minimum Gasteiger partial charge on any atom is -0.467 e. The van der Waals surface area contributed by atoms with E-state index in [0.29, 0.717) is 30.3 Å². The standard InChI is InChI=1S/C20H18N4O4/c25-18-11-14(12-24(18)13-17-3-1-10-27-17)19(26)23-15-4-6-16(7-5-15)28-20-21-8-2-9-22-20/h1-10,14H,11-13H2,(H,23,26). The number of likely N-dealkylation sites (tertiary alicyclic amines) is 1. The van der Waals surface area contributed by atoms with E-state index < -0.39 is 5.92 Å². The third-order valence-electron chi connectivity index (χ3n) is 4.39. The minimum absolute atomic E-state index is 0.0526. The molecule has 1 N–H and O–H groups in total. The van der Waals surface area contributed by atoms with Crippen molar-refractivity contribution in [3.05, 3.63) is 66.9 Å². The highest BCUT2D eigenvalue weighted by molar-refractivity contribution is 5.97. The van der Waals surface area contributed by atoms with Gasteiger partial charge >= 0.3 is 6.01 Å². The normalized spacial score (nSPS) is 16.2. The second-order valence-electron chi connectivity index (χ2n) is 6.40. The van der Waals surface area contributed by atoms with Gasteiger partial charge in [-0.25, -0.2) is 9.97 Å². The van der Waals surface area contributed by atoms with E-state index >= 15 is 0 Å². The van der Waals surface area contributed by atoms with Crippen LogP contribution in [-0.2, 0) is 16.1 Å². The van der Waals surface area contributed by atoms with Crippen LogP contribution in [0, 0.1) is 5.92 Å². The number of anilines is 1. The number of nitrogens with one attached hydrogen (secondary N) is 1. The fourth-order valence-electron chi connectivity index (χ4n) is 2.99. The number of ether oxygens (including phenoxy) is 1. The summed E-state index contributed by atoms with van der Waals surface area (Å²) >= 11 is 0. The molecule has 3 aromatic rings. The number of hydrogen-bond donors (Lipinski definition) is 1. The van der Waals surface area contributed by atoms with Gasteiger partial charge < -0.3 is 19.4 Å². The van der Waals surface area contributed by atoms with Crippen molar-refractivity contribution in [2.75, 3.05) is 11.9 Å². The van der Waals surface area contributed by atoms with Gasteiger partial charge in [0.15, 0.2) is 0 Å². The molecule has 0 bridgehead atoms. The number of benzene rings is 1. The molecule has 0 saturated carbocycles. The van der Waals surface area contributed by atoms with Crippen LogP contribution >= 0.6 is 0 Å². The Morgan fingerprint density at radius 1 is 1.18 bits per heavy atom. The Bertz CT molecular complexity index is 942. The summed E-state index contributed by atoms with van der Waals surface area (Å²) in [4.78, 5) is 34.3.